The molecule has 5 heteroatoms. The molecule has 1 heterocycles. The highest BCUT2D eigenvalue weighted by Gasteiger charge is 2.21. The van der Waals surface area contributed by atoms with E-state index in [1.165, 1.54) is 0 Å². The van der Waals surface area contributed by atoms with Crippen molar-refractivity contribution >= 4 is 11.6 Å². The number of rotatable bonds is 5. The highest BCUT2D eigenvalue weighted by Crippen LogP contribution is 2.16. The Morgan fingerprint density at radius 1 is 1.29 bits per heavy atom. The SMILES string of the molecule is CCCCOc1ccc(C(=O)N2CCC(=NO)CC2)cc1. The van der Waals surface area contributed by atoms with Crippen molar-refractivity contribution in [1.29, 1.82) is 0 Å². The predicted octanol–water partition coefficient (Wildman–Crippen LogP) is 2.93. The topological polar surface area (TPSA) is 62.1 Å². The van der Waals surface area contributed by atoms with Crippen LogP contribution in [0.3, 0.4) is 0 Å². The van der Waals surface area contributed by atoms with Gasteiger partial charge in [-0.2, -0.15) is 0 Å². The van der Waals surface area contributed by atoms with Gasteiger partial charge in [-0.25, -0.2) is 0 Å². The molecule has 1 fully saturated rings. The van der Waals surface area contributed by atoms with Gasteiger partial charge in [0.1, 0.15) is 5.75 Å². The fourth-order valence-electron chi connectivity index (χ4n) is 2.28. The Labute approximate surface area is 125 Å². The lowest BCUT2D eigenvalue weighted by Crippen LogP contribution is -2.38. The summed E-state index contributed by atoms with van der Waals surface area (Å²) in [5.74, 6) is 0.820. The quantitative estimate of drug-likeness (QED) is 0.515. The molecule has 0 spiro atoms. The van der Waals surface area contributed by atoms with Gasteiger partial charge in [-0.3, -0.25) is 4.79 Å². The molecular weight excluding hydrogens is 268 g/mol. The van der Waals surface area contributed by atoms with E-state index < -0.39 is 0 Å². The van der Waals surface area contributed by atoms with Crippen LogP contribution in [-0.2, 0) is 0 Å². The Hall–Kier alpha value is -2.04. The Balaban J connectivity index is 1.91. The van der Waals surface area contributed by atoms with Crippen molar-refractivity contribution in [3.8, 4) is 5.75 Å². The first-order valence-corrected chi connectivity index (χ1v) is 7.46. The molecule has 1 aromatic carbocycles. The van der Waals surface area contributed by atoms with Gasteiger partial charge in [-0.15, -0.1) is 0 Å². The molecule has 1 saturated heterocycles. The second-order valence-corrected chi connectivity index (χ2v) is 5.18. The molecule has 1 aromatic rings. The molecule has 0 bridgehead atoms. The van der Waals surface area contributed by atoms with Gasteiger partial charge in [0.05, 0.1) is 12.3 Å². The van der Waals surface area contributed by atoms with E-state index in [0.717, 1.165) is 24.3 Å². The van der Waals surface area contributed by atoms with Gasteiger partial charge in [0.25, 0.3) is 5.91 Å². The molecule has 0 aromatic heterocycles. The number of benzene rings is 1. The van der Waals surface area contributed by atoms with Gasteiger partial charge in [0.15, 0.2) is 0 Å². The first-order valence-electron chi connectivity index (χ1n) is 7.46. The summed E-state index contributed by atoms with van der Waals surface area (Å²) in [5.41, 5.74) is 1.43. The maximum atomic E-state index is 12.3. The molecule has 2 rings (SSSR count). The highest BCUT2D eigenvalue weighted by molar-refractivity contribution is 5.96. The normalized spacial score (nSPS) is 14.9. The minimum Gasteiger partial charge on any atom is -0.494 e. The van der Waals surface area contributed by atoms with Gasteiger partial charge in [-0.1, -0.05) is 18.5 Å². The fourth-order valence-corrected chi connectivity index (χ4v) is 2.28. The molecule has 0 radical (unpaired) electrons. The summed E-state index contributed by atoms with van der Waals surface area (Å²) in [4.78, 5) is 14.1. The molecule has 1 aliphatic rings. The van der Waals surface area contributed by atoms with Crippen molar-refractivity contribution in [2.24, 2.45) is 5.16 Å². The van der Waals surface area contributed by atoms with Gasteiger partial charge in [-0.05, 0) is 30.7 Å². The molecule has 114 valence electrons. The lowest BCUT2D eigenvalue weighted by Gasteiger charge is -2.27. The van der Waals surface area contributed by atoms with E-state index in [1.54, 1.807) is 17.0 Å². The predicted molar refractivity (Wildman–Crippen MR) is 81.2 cm³/mol. The van der Waals surface area contributed by atoms with E-state index in [0.29, 0.717) is 38.1 Å². The Bertz CT molecular complexity index is 487. The smallest absolute Gasteiger partial charge is 0.253 e. The second kappa shape index (κ2) is 7.67. The summed E-state index contributed by atoms with van der Waals surface area (Å²) in [6.45, 7) is 4.04. The highest BCUT2D eigenvalue weighted by atomic mass is 16.5. The lowest BCUT2D eigenvalue weighted by molar-refractivity contribution is 0.0753. The number of oxime groups is 1. The Kier molecular flexibility index (Phi) is 5.60. The minimum absolute atomic E-state index is 0.0205. The van der Waals surface area contributed by atoms with Crippen LogP contribution in [0.1, 0.15) is 43.0 Å². The number of piperidine rings is 1. The Morgan fingerprint density at radius 2 is 1.95 bits per heavy atom. The van der Waals surface area contributed by atoms with E-state index in [4.69, 9.17) is 9.94 Å². The van der Waals surface area contributed by atoms with Gasteiger partial charge in [0.2, 0.25) is 0 Å². The van der Waals surface area contributed by atoms with Crippen LogP contribution in [-0.4, -0.2) is 41.4 Å². The van der Waals surface area contributed by atoms with Crippen molar-refractivity contribution in [2.45, 2.75) is 32.6 Å². The minimum atomic E-state index is 0.0205. The van der Waals surface area contributed by atoms with Crippen molar-refractivity contribution in [1.82, 2.24) is 4.90 Å². The number of ether oxygens (including phenoxy) is 1. The number of nitrogens with zero attached hydrogens (tertiary/aromatic N) is 2. The third kappa shape index (κ3) is 4.21. The lowest BCUT2D eigenvalue weighted by atomic mass is 10.1. The number of unbranched alkanes of at least 4 members (excludes halogenated alkanes) is 1. The number of carbonyl (C=O) groups is 1. The maximum Gasteiger partial charge on any atom is 0.253 e. The number of likely N-dealkylation sites (tertiary alicyclic amines) is 1. The molecule has 1 N–H and O–H groups in total. The zero-order valence-corrected chi connectivity index (χ0v) is 12.4. The fraction of sp³-hybridized carbons (Fsp3) is 0.500. The number of hydrogen-bond donors (Lipinski definition) is 1. The zero-order chi connectivity index (χ0) is 15.1. The summed E-state index contributed by atoms with van der Waals surface area (Å²) in [6.07, 6.45) is 3.41. The van der Waals surface area contributed by atoms with Gasteiger partial charge < -0.3 is 14.8 Å². The van der Waals surface area contributed by atoms with Crippen LogP contribution in [0.15, 0.2) is 29.4 Å². The first-order chi connectivity index (χ1) is 10.2. The molecule has 1 aliphatic heterocycles. The average Bonchev–Trinajstić information content (AvgIpc) is 2.55. The van der Waals surface area contributed by atoms with E-state index in [-0.39, 0.29) is 5.91 Å². The van der Waals surface area contributed by atoms with E-state index >= 15 is 0 Å². The van der Waals surface area contributed by atoms with Crippen LogP contribution >= 0.6 is 0 Å². The van der Waals surface area contributed by atoms with Gasteiger partial charge in [0, 0.05) is 31.5 Å². The van der Waals surface area contributed by atoms with Gasteiger partial charge >= 0.3 is 0 Å². The zero-order valence-electron chi connectivity index (χ0n) is 12.4. The van der Waals surface area contributed by atoms with E-state index in [2.05, 4.69) is 12.1 Å². The number of carbonyl (C=O) groups excluding carboxylic acids is 1. The van der Waals surface area contributed by atoms with E-state index in [9.17, 15) is 4.79 Å². The summed E-state index contributed by atoms with van der Waals surface area (Å²) >= 11 is 0. The van der Waals surface area contributed by atoms with Crippen LogP contribution in [0, 0.1) is 0 Å². The number of hydrogen-bond acceptors (Lipinski definition) is 4. The molecule has 1 amide bonds. The maximum absolute atomic E-state index is 12.3. The summed E-state index contributed by atoms with van der Waals surface area (Å²) in [7, 11) is 0. The molecule has 0 saturated carbocycles. The Morgan fingerprint density at radius 3 is 2.52 bits per heavy atom. The summed E-state index contributed by atoms with van der Waals surface area (Å²) in [6, 6.07) is 7.29. The van der Waals surface area contributed by atoms with Crippen LogP contribution < -0.4 is 4.74 Å². The van der Waals surface area contributed by atoms with Crippen LogP contribution in [0.5, 0.6) is 5.75 Å². The van der Waals surface area contributed by atoms with Crippen LogP contribution in [0.25, 0.3) is 0 Å². The summed E-state index contributed by atoms with van der Waals surface area (Å²) in [5, 5.41) is 11.9. The number of amides is 1. The van der Waals surface area contributed by atoms with Crippen LogP contribution in [0.2, 0.25) is 0 Å². The van der Waals surface area contributed by atoms with E-state index in [1.807, 2.05) is 12.1 Å². The average molecular weight is 290 g/mol. The largest absolute Gasteiger partial charge is 0.494 e. The van der Waals surface area contributed by atoms with Crippen LogP contribution in [0.4, 0.5) is 0 Å². The molecule has 0 atom stereocenters. The molecule has 5 nitrogen and oxygen atoms in total. The second-order valence-electron chi connectivity index (χ2n) is 5.18. The summed E-state index contributed by atoms with van der Waals surface area (Å²) < 4.78 is 5.59. The van der Waals surface area contributed by atoms with Crippen molar-refractivity contribution in [3.63, 3.8) is 0 Å². The molecule has 0 aliphatic carbocycles. The molecule has 0 unspecified atom stereocenters. The molecular formula is C16H22N2O3. The standard InChI is InChI=1S/C16H22N2O3/c1-2-3-12-21-15-6-4-13(5-7-15)16(19)18-10-8-14(17-20)9-11-18/h4-7,20H,2-3,8-12H2,1H3. The third-order valence-electron chi connectivity index (χ3n) is 3.64. The van der Waals surface area contributed by atoms with Crippen molar-refractivity contribution < 1.29 is 14.7 Å². The third-order valence-corrected chi connectivity index (χ3v) is 3.64. The van der Waals surface area contributed by atoms with Crippen molar-refractivity contribution in [2.75, 3.05) is 19.7 Å². The molecule has 21 heavy (non-hydrogen) atoms. The van der Waals surface area contributed by atoms with Crippen molar-refractivity contribution in [3.05, 3.63) is 29.8 Å². The monoisotopic (exact) mass is 290 g/mol. The first kappa shape index (κ1) is 15.4.